The van der Waals surface area contributed by atoms with Crippen LogP contribution in [0.15, 0.2) is 48.5 Å². The van der Waals surface area contributed by atoms with Crippen molar-refractivity contribution >= 4 is 22.4 Å². The number of hydrogen-bond acceptors (Lipinski definition) is 5. The molecule has 0 unspecified atom stereocenters. The minimum atomic E-state index is -0.581. The zero-order valence-corrected chi connectivity index (χ0v) is 15.8. The summed E-state index contributed by atoms with van der Waals surface area (Å²) in [6.07, 6.45) is -0.0214. The molecule has 0 fully saturated rings. The Morgan fingerprint density at radius 1 is 1.12 bits per heavy atom. The lowest BCUT2D eigenvalue weighted by Gasteiger charge is -2.17. The number of aromatic nitrogens is 2. The van der Waals surface area contributed by atoms with Gasteiger partial charge in [-0.25, -0.2) is 0 Å². The van der Waals surface area contributed by atoms with E-state index < -0.39 is 6.10 Å². The van der Waals surface area contributed by atoms with Crippen molar-refractivity contribution in [3.8, 4) is 16.3 Å². The zero-order chi connectivity index (χ0) is 18.5. The number of para-hydroxylation sites is 1. The van der Waals surface area contributed by atoms with E-state index in [2.05, 4.69) is 15.5 Å². The lowest BCUT2D eigenvalue weighted by molar-refractivity contribution is -0.122. The fourth-order valence-corrected chi connectivity index (χ4v) is 3.19. The molecule has 1 amide bonds. The summed E-state index contributed by atoms with van der Waals surface area (Å²) in [4.78, 5) is 12.6. The Kier molecular flexibility index (Phi) is 5.63. The van der Waals surface area contributed by atoms with Gasteiger partial charge in [-0.2, -0.15) is 0 Å². The van der Waals surface area contributed by atoms with Crippen LogP contribution in [0, 0.1) is 13.8 Å². The Balaban J connectivity index is 1.68. The first-order chi connectivity index (χ1) is 12.6. The molecule has 0 radical (unpaired) electrons. The van der Waals surface area contributed by atoms with Gasteiger partial charge in [-0.1, -0.05) is 66.3 Å². The van der Waals surface area contributed by atoms with Crippen molar-refractivity contribution in [1.82, 2.24) is 10.2 Å². The van der Waals surface area contributed by atoms with Crippen LogP contribution in [0.4, 0.5) is 5.13 Å². The zero-order valence-electron chi connectivity index (χ0n) is 15.0. The Hall–Kier alpha value is -2.73. The number of ether oxygens (including phenoxy) is 1. The van der Waals surface area contributed by atoms with Gasteiger partial charge in [0.1, 0.15) is 10.8 Å². The van der Waals surface area contributed by atoms with Crippen LogP contribution in [0.5, 0.6) is 5.75 Å². The quantitative estimate of drug-likeness (QED) is 0.690. The highest BCUT2D eigenvalue weighted by molar-refractivity contribution is 7.18. The third kappa shape index (κ3) is 4.26. The number of anilines is 1. The predicted octanol–water partition coefficient (Wildman–Crippen LogP) is 4.62. The van der Waals surface area contributed by atoms with Crippen molar-refractivity contribution in [2.24, 2.45) is 0 Å². The summed E-state index contributed by atoms with van der Waals surface area (Å²) in [6, 6.07) is 15.7. The van der Waals surface area contributed by atoms with Crippen LogP contribution in [0.25, 0.3) is 10.6 Å². The first-order valence-electron chi connectivity index (χ1n) is 8.50. The summed E-state index contributed by atoms with van der Waals surface area (Å²) in [7, 11) is 0. The molecular formula is C20H21N3O2S. The minimum absolute atomic E-state index is 0.220. The average Bonchev–Trinajstić information content (AvgIpc) is 3.10. The highest BCUT2D eigenvalue weighted by Gasteiger charge is 2.21. The molecule has 0 aliphatic rings. The van der Waals surface area contributed by atoms with E-state index in [-0.39, 0.29) is 5.91 Å². The number of nitrogens with zero attached hydrogens (tertiary/aromatic N) is 2. The first kappa shape index (κ1) is 18.1. The summed E-state index contributed by atoms with van der Waals surface area (Å²) in [5, 5.41) is 12.3. The topological polar surface area (TPSA) is 64.1 Å². The molecule has 3 rings (SSSR count). The van der Waals surface area contributed by atoms with E-state index in [4.69, 9.17) is 4.74 Å². The van der Waals surface area contributed by atoms with Gasteiger partial charge < -0.3 is 4.74 Å². The Labute approximate surface area is 157 Å². The number of rotatable bonds is 6. The van der Waals surface area contributed by atoms with Crippen LogP contribution in [-0.4, -0.2) is 22.2 Å². The van der Waals surface area contributed by atoms with Gasteiger partial charge in [0.15, 0.2) is 6.10 Å². The van der Waals surface area contributed by atoms with Crippen LogP contribution < -0.4 is 10.1 Å². The monoisotopic (exact) mass is 367 g/mol. The van der Waals surface area contributed by atoms with Gasteiger partial charge in [0.05, 0.1) is 0 Å². The second-order valence-corrected chi connectivity index (χ2v) is 7.03. The van der Waals surface area contributed by atoms with Crippen LogP contribution in [-0.2, 0) is 4.79 Å². The first-order valence-corrected chi connectivity index (χ1v) is 9.32. The van der Waals surface area contributed by atoms with E-state index in [1.807, 2.05) is 69.3 Å². The van der Waals surface area contributed by atoms with Gasteiger partial charge in [-0.05, 0) is 31.9 Å². The minimum Gasteiger partial charge on any atom is -0.480 e. The second kappa shape index (κ2) is 8.10. The molecule has 6 heteroatoms. The fourth-order valence-electron chi connectivity index (χ4n) is 2.44. The molecule has 1 heterocycles. The van der Waals surface area contributed by atoms with Gasteiger partial charge >= 0.3 is 0 Å². The van der Waals surface area contributed by atoms with Crippen molar-refractivity contribution in [1.29, 1.82) is 0 Å². The molecule has 0 saturated carbocycles. The highest BCUT2D eigenvalue weighted by Crippen LogP contribution is 2.27. The molecule has 0 bridgehead atoms. The normalized spacial score (nSPS) is 11.8. The van der Waals surface area contributed by atoms with Gasteiger partial charge in [0.25, 0.3) is 5.91 Å². The average molecular weight is 367 g/mol. The predicted molar refractivity (Wildman–Crippen MR) is 105 cm³/mol. The highest BCUT2D eigenvalue weighted by atomic mass is 32.1. The molecule has 0 spiro atoms. The summed E-state index contributed by atoms with van der Waals surface area (Å²) in [6.45, 7) is 5.91. The number of amides is 1. The lowest BCUT2D eigenvalue weighted by atomic mass is 10.2. The standard InChI is InChI=1S/C20H21N3O2S/c1-4-16(25-17-8-6-5-7-14(17)3)18(24)21-20-23-22-19(26-20)15-11-9-13(2)10-12-15/h5-12,16H,4H2,1-3H3,(H,21,23,24)/t16-/m0/s1. The van der Waals surface area contributed by atoms with Crippen molar-refractivity contribution < 1.29 is 9.53 Å². The van der Waals surface area contributed by atoms with E-state index >= 15 is 0 Å². The Morgan fingerprint density at radius 3 is 2.54 bits per heavy atom. The molecule has 0 aliphatic carbocycles. The summed E-state index contributed by atoms with van der Waals surface area (Å²) >= 11 is 1.35. The molecule has 1 N–H and O–H groups in total. The summed E-state index contributed by atoms with van der Waals surface area (Å²) < 4.78 is 5.88. The molecule has 26 heavy (non-hydrogen) atoms. The van der Waals surface area contributed by atoms with E-state index in [1.54, 1.807) is 0 Å². The molecule has 1 atom stereocenters. The maximum Gasteiger partial charge on any atom is 0.267 e. The number of aryl methyl sites for hydroxylation is 2. The number of nitrogens with one attached hydrogen (secondary N) is 1. The van der Waals surface area contributed by atoms with Crippen molar-refractivity contribution in [3.05, 3.63) is 59.7 Å². The molecule has 0 saturated heterocycles. The van der Waals surface area contributed by atoms with Gasteiger partial charge in [0, 0.05) is 5.56 Å². The Morgan fingerprint density at radius 2 is 1.85 bits per heavy atom. The van der Waals surface area contributed by atoms with E-state index in [9.17, 15) is 4.79 Å². The third-order valence-electron chi connectivity index (χ3n) is 3.98. The molecule has 2 aromatic carbocycles. The van der Waals surface area contributed by atoms with Crippen LogP contribution >= 0.6 is 11.3 Å². The van der Waals surface area contributed by atoms with Gasteiger partial charge in [-0.3, -0.25) is 10.1 Å². The fraction of sp³-hybridized carbons (Fsp3) is 0.250. The summed E-state index contributed by atoms with van der Waals surface area (Å²) in [5.74, 6) is 0.495. The Bertz CT molecular complexity index is 890. The summed E-state index contributed by atoms with van der Waals surface area (Å²) in [5.41, 5.74) is 3.17. The number of carbonyl (C=O) groups excluding carboxylic acids is 1. The number of hydrogen-bond donors (Lipinski definition) is 1. The van der Waals surface area contributed by atoms with E-state index in [0.717, 1.165) is 16.1 Å². The SMILES string of the molecule is CC[C@H](Oc1ccccc1C)C(=O)Nc1nnc(-c2ccc(C)cc2)s1. The van der Waals surface area contributed by atoms with Crippen molar-refractivity contribution in [2.45, 2.75) is 33.3 Å². The maximum atomic E-state index is 12.6. The molecular weight excluding hydrogens is 346 g/mol. The van der Waals surface area contributed by atoms with Crippen LogP contribution in [0.1, 0.15) is 24.5 Å². The van der Waals surface area contributed by atoms with Crippen LogP contribution in [0.2, 0.25) is 0 Å². The van der Waals surface area contributed by atoms with Gasteiger partial charge in [0.2, 0.25) is 5.13 Å². The largest absolute Gasteiger partial charge is 0.480 e. The third-order valence-corrected chi connectivity index (χ3v) is 4.87. The number of benzene rings is 2. The van der Waals surface area contributed by atoms with Gasteiger partial charge in [-0.15, -0.1) is 10.2 Å². The lowest BCUT2D eigenvalue weighted by Crippen LogP contribution is -2.32. The molecule has 0 aliphatic heterocycles. The number of carbonyl (C=O) groups is 1. The molecule has 1 aromatic heterocycles. The van der Waals surface area contributed by atoms with Crippen LogP contribution in [0.3, 0.4) is 0 Å². The smallest absolute Gasteiger partial charge is 0.267 e. The molecule has 3 aromatic rings. The van der Waals surface area contributed by atoms with Crippen molar-refractivity contribution in [3.63, 3.8) is 0 Å². The van der Waals surface area contributed by atoms with Crippen molar-refractivity contribution in [2.75, 3.05) is 5.32 Å². The maximum absolute atomic E-state index is 12.6. The second-order valence-electron chi connectivity index (χ2n) is 6.05. The molecule has 134 valence electrons. The van der Waals surface area contributed by atoms with E-state index in [0.29, 0.717) is 17.3 Å². The van der Waals surface area contributed by atoms with E-state index in [1.165, 1.54) is 16.9 Å². The molecule has 5 nitrogen and oxygen atoms in total.